The summed E-state index contributed by atoms with van der Waals surface area (Å²) in [6.07, 6.45) is 8.05. The molecule has 0 bridgehead atoms. The zero-order chi connectivity index (χ0) is 36.5. The van der Waals surface area contributed by atoms with Crippen molar-refractivity contribution in [2.45, 2.75) is 45.2 Å². The smallest absolute Gasteiger partial charge is 0.330 e. The molecule has 2 aromatic heterocycles. The molecule has 2 heterocycles. The van der Waals surface area contributed by atoms with E-state index in [2.05, 4.69) is 126 Å². The number of carbonyl (C=O) groups excluding carboxylic acids is 1. The fraction of sp³-hybridized carbons (Fsp3) is 0.178. The van der Waals surface area contributed by atoms with Gasteiger partial charge in [-0.2, -0.15) is 0 Å². The number of hydrogen-bond donors (Lipinski definition) is 0. The minimum atomic E-state index is -0.862. The molecule has 53 heavy (non-hydrogen) atoms. The zero-order valence-corrected chi connectivity index (χ0v) is 30.0. The monoisotopic (exact) mass is 698 g/mol. The molecule has 0 saturated carbocycles. The predicted molar refractivity (Wildman–Crippen MR) is 209 cm³/mol. The third-order valence-corrected chi connectivity index (χ3v) is 9.54. The number of hydrogen-bond acceptors (Lipinski definition) is 6. The maximum atomic E-state index is 12.1. The summed E-state index contributed by atoms with van der Waals surface area (Å²) >= 11 is 0. The van der Waals surface area contributed by atoms with Gasteiger partial charge < -0.3 is 9.30 Å². The molecule has 0 spiro atoms. The van der Waals surface area contributed by atoms with Crippen LogP contribution in [0.2, 0.25) is 0 Å². The summed E-state index contributed by atoms with van der Waals surface area (Å²) in [4.78, 5) is 16.8. The molecular weight excluding hydrogens is 657 g/mol. The van der Waals surface area contributed by atoms with Gasteiger partial charge in [-0.15, -0.1) is 5.10 Å². The van der Waals surface area contributed by atoms with Crippen molar-refractivity contribution in [3.63, 3.8) is 0 Å². The van der Waals surface area contributed by atoms with E-state index in [0.717, 1.165) is 69.7 Å². The van der Waals surface area contributed by atoms with E-state index < -0.39 is 5.54 Å². The molecule has 0 aliphatic heterocycles. The van der Waals surface area contributed by atoms with E-state index in [4.69, 9.17) is 20.0 Å². The van der Waals surface area contributed by atoms with Crippen LogP contribution >= 0.6 is 0 Å². The highest BCUT2D eigenvalue weighted by atomic mass is 16.5. The predicted octanol–water partition coefficient (Wildman–Crippen LogP) is 9.01. The lowest BCUT2D eigenvalue weighted by molar-refractivity contribution is -0.137. The number of ether oxygens (including phenoxy) is 1. The van der Waals surface area contributed by atoms with Gasteiger partial charge in [0, 0.05) is 24.6 Å². The third kappa shape index (κ3) is 7.21. The second kappa shape index (κ2) is 16.3. The van der Waals surface area contributed by atoms with Crippen molar-refractivity contribution in [2.75, 3.05) is 6.61 Å². The molecule has 7 rings (SSSR count). The Morgan fingerprint density at radius 3 is 1.91 bits per heavy atom. The molecule has 0 fully saturated rings. The maximum absolute atomic E-state index is 12.1. The number of esters is 1. The molecule has 7 aromatic rings. The number of tetrazole rings is 1. The van der Waals surface area contributed by atoms with Gasteiger partial charge in [0.1, 0.15) is 11.4 Å². The number of aromatic nitrogens is 6. The normalized spacial score (nSPS) is 11.6. The number of rotatable bonds is 14. The Bertz CT molecular complexity index is 2180. The number of nitrogens with zero attached hydrogens (tertiary/aromatic N) is 6. The largest absolute Gasteiger partial charge is 0.463 e. The van der Waals surface area contributed by atoms with Gasteiger partial charge in [-0.3, -0.25) is 0 Å². The highest BCUT2D eigenvalue weighted by molar-refractivity contribution is 5.86. The van der Waals surface area contributed by atoms with E-state index >= 15 is 0 Å². The van der Waals surface area contributed by atoms with Crippen LogP contribution in [0.4, 0.5) is 0 Å². The Balaban J connectivity index is 1.29. The van der Waals surface area contributed by atoms with Crippen LogP contribution in [-0.2, 0) is 28.0 Å². The molecule has 0 aliphatic rings. The van der Waals surface area contributed by atoms with Crippen LogP contribution in [0.5, 0.6) is 0 Å². The number of imidazole rings is 1. The van der Waals surface area contributed by atoms with E-state index in [1.807, 2.05) is 41.2 Å². The van der Waals surface area contributed by atoms with Crippen LogP contribution in [0.25, 0.3) is 28.6 Å². The Morgan fingerprint density at radius 2 is 1.32 bits per heavy atom. The molecule has 0 unspecified atom stereocenters. The van der Waals surface area contributed by atoms with Gasteiger partial charge in [0.25, 0.3) is 0 Å². The summed E-state index contributed by atoms with van der Waals surface area (Å²) in [5.74, 6) is 1.28. The molecule has 0 saturated heterocycles. The first kappa shape index (κ1) is 35.0. The number of aryl methyl sites for hydroxylation is 1. The maximum Gasteiger partial charge on any atom is 0.330 e. The average Bonchev–Trinajstić information content (AvgIpc) is 3.86. The minimum absolute atomic E-state index is 0.336. The Hall–Kier alpha value is -6.41. The number of benzene rings is 5. The summed E-state index contributed by atoms with van der Waals surface area (Å²) in [7, 11) is 0. The number of carbonyl (C=O) groups is 1. The molecule has 5 aromatic carbocycles. The highest BCUT2D eigenvalue weighted by Crippen LogP contribution is 2.43. The van der Waals surface area contributed by atoms with Crippen LogP contribution in [0.15, 0.2) is 152 Å². The van der Waals surface area contributed by atoms with Crippen LogP contribution < -0.4 is 0 Å². The van der Waals surface area contributed by atoms with Crippen molar-refractivity contribution in [1.29, 1.82) is 0 Å². The standard InChI is InChI=1S/C45H42N6O2/c1-3-5-25-42-46-32-39(30-31-43(52)53-4-2)50(42)33-34-26-28-35(29-27-34)40-23-15-16-24-41(40)44-47-48-49-51(44)45(36-17-9-6-10-18-36,37-19-11-7-12-20-37)38-21-13-8-14-22-38/h6-24,26-32H,3-5,25,33H2,1-2H3. The van der Waals surface area contributed by atoms with E-state index in [1.165, 1.54) is 6.08 Å². The molecule has 8 heteroatoms. The van der Waals surface area contributed by atoms with Gasteiger partial charge in [-0.25, -0.2) is 14.5 Å². The first-order valence-electron chi connectivity index (χ1n) is 18.2. The topological polar surface area (TPSA) is 87.7 Å². The quantitative estimate of drug-likeness (QED) is 0.0640. The Labute approximate surface area is 310 Å². The first-order chi connectivity index (χ1) is 26.1. The van der Waals surface area contributed by atoms with E-state index in [9.17, 15) is 4.79 Å². The summed E-state index contributed by atoms with van der Waals surface area (Å²) < 4.78 is 9.26. The molecule has 0 atom stereocenters. The average molecular weight is 699 g/mol. The molecule has 0 aliphatic carbocycles. The Morgan fingerprint density at radius 1 is 0.736 bits per heavy atom. The SMILES string of the molecule is CCCCc1ncc(C=CC(=O)OCC)n1Cc1ccc(-c2ccccc2-c2nnnn2C(c2ccccc2)(c2ccccc2)c2ccccc2)cc1. The van der Waals surface area contributed by atoms with E-state index in [0.29, 0.717) is 19.0 Å². The van der Waals surface area contributed by atoms with Gasteiger partial charge >= 0.3 is 5.97 Å². The van der Waals surface area contributed by atoms with Gasteiger partial charge in [-0.05, 0) is 63.2 Å². The molecule has 264 valence electrons. The van der Waals surface area contributed by atoms with Crippen LogP contribution in [0.1, 0.15) is 60.5 Å². The second-order valence-electron chi connectivity index (χ2n) is 12.8. The first-order valence-corrected chi connectivity index (χ1v) is 18.2. The lowest BCUT2D eigenvalue weighted by atomic mass is 9.77. The van der Waals surface area contributed by atoms with Crippen LogP contribution in [0, 0.1) is 0 Å². The second-order valence-corrected chi connectivity index (χ2v) is 12.8. The van der Waals surface area contributed by atoms with Crippen molar-refractivity contribution < 1.29 is 9.53 Å². The highest BCUT2D eigenvalue weighted by Gasteiger charge is 2.42. The molecular formula is C45H42N6O2. The summed E-state index contributed by atoms with van der Waals surface area (Å²) in [6, 6.07) is 48.2. The fourth-order valence-corrected chi connectivity index (χ4v) is 7.01. The van der Waals surface area contributed by atoms with Gasteiger partial charge in [0.15, 0.2) is 5.82 Å². The molecule has 0 N–H and O–H groups in total. The summed E-state index contributed by atoms with van der Waals surface area (Å²) in [6.45, 7) is 4.93. The van der Waals surface area contributed by atoms with Gasteiger partial charge in [0.2, 0.25) is 0 Å². The van der Waals surface area contributed by atoms with E-state index in [-0.39, 0.29) is 5.97 Å². The summed E-state index contributed by atoms with van der Waals surface area (Å²) in [5.41, 5.74) is 7.23. The Kier molecular flexibility index (Phi) is 10.8. The molecule has 0 amide bonds. The van der Waals surface area contributed by atoms with Gasteiger partial charge in [0.05, 0.1) is 18.5 Å². The minimum Gasteiger partial charge on any atom is -0.463 e. The van der Waals surface area contributed by atoms with Crippen molar-refractivity contribution in [1.82, 2.24) is 29.8 Å². The molecule has 8 nitrogen and oxygen atoms in total. The molecule has 0 radical (unpaired) electrons. The van der Waals surface area contributed by atoms with Crippen LogP contribution in [0.3, 0.4) is 0 Å². The van der Waals surface area contributed by atoms with Crippen molar-refractivity contribution >= 4 is 12.0 Å². The van der Waals surface area contributed by atoms with Crippen molar-refractivity contribution in [3.8, 4) is 22.5 Å². The lowest BCUT2D eigenvalue weighted by Gasteiger charge is -2.36. The fourth-order valence-electron chi connectivity index (χ4n) is 7.01. The van der Waals surface area contributed by atoms with E-state index in [1.54, 1.807) is 13.0 Å². The zero-order valence-electron chi connectivity index (χ0n) is 30.0. The summed E-state index contributed by atoms with van der Waals surface area (Å²) in [5, 5.41) is 13.8. The van der Waals surface area contributed by atoms with Gasteiger partial charge in [-0.1, -0.05) is 153 Å². The van der Waals surface area contributed by atoms with Crippen molar-refractivity contribution in [3.05, 3.63) is 186 Å². The van der Waals surface area contributed by atoms with Crippen LogP contribution in [-0.4, -0.2) is 42.3 Å². The lowest BCUT2D eigenvalue weighted by Crippen LogP contribution is -2.39. The third-order valence-electron chi connectivity index (χ3n) is 9.54. The van der Waals surface area contributed by atoms with Crippen molar-refractivity contribution in [2.24, 2.45) is 0 Å². The number of unbranched alkanes of at least 4 members (excludes halogenated alkanes) is 1.